The van der Waals surface area contributed by atoms with E-state index in [9.17, 15) is 0 Å². The minimum absolute atomic E-state index is 1.15. The molecule has 0 spiro atoms. The summed E-state index contributed by atoms with van der Waals surface area (Å²) in [6, 6.07) is 24.5. The fourth-order valence-corrected chi connectivity index (χ4v) is 5.04. The van der Waals surface area contributed by atoms with E-state index in [0.717, 1.165) is 6.42 Å². The lowest BCUT2D eigenvalue weighted by Crippen LogP contribution is -2.02. The SMILES string of the molecule is CC1=Cc2c(C)cccc2C1.c1ccc2c(c1)ccc1c3c(ccc12)CCCC3. The van der Waals surface area contributed by atoms with Gasteiger partial charge in [-0.2, -0.15) is 0 Å². The Kier molecular flexibility index (Phi) is 4.72. The normalized spacial score (nSPS) is 14.8. The molecule has 4 aromatic carbocycles. The molecule has 0 fully saturated rings. The Morgan fingerprint density at radius 2 is 1.45 bits per heavy atom. The summed E-state index contributed by atoms with van der Waals surface area (Å²) in [5.74, 6) is 0. The quantitative estimate of drug-likeness (QED) is 0.274. The van der Waals surface area contributed by atoms with Gasteiger partial charge in [-0.15, -0.1) is 0 Å². The van der Waals surface area contributed by atoms with Crippen molar-refractivity contribution in [3.05, 3.63) is 100 Å². The van der Waals surface area contributed by atoms with Crippen molar-refractivity contribution < 1.29 is 0 Å². The van der Waals surface area contributed by atoms with Crippen molar-refractivity contribution >= 4 is 27.6 Å². The maximum absolute atomic E-state index is 2.35. The second-order valence-electron chi connectivity index (χ2n) is 8.61. The summed E-state index contributed by atoms with van der Waals surface area (Å²) >= 11 is 0. The van der Waals surface area contributed by atoms with Crippen molar-refractivity contribution in [2.45, 2.75) is 46.0 Å². The minimum Gasteiger partial charge on any atom is -0.0683 e. The van der Waals surface area contributed by atoms with Gasteiger partial charge < -0.3 is 0 Å². The third kappa shape index (κ3) is 3.38. The van der Waals surface area contributed by atoms with Gasteiger partial charge in [0.2, 0.25) is 0 Å². The molecule has 0 N–H and O–H groups in total. The Labute approximate surface area is 173 Å². The largest absolute Gasteiger partial charge is 0.0683 e. The first-order chi connectivity index (χ1) is 14.2. The molecular weight excluding hydrogens is 348 g/mol. The van der Waals surface area contributed by atoms with Gasteiger partial charge in [0.15, 0.2) is 0 Å². The van der Waals surface area contributed by atoms with Crippen molar-refractivity contribution in [1.29, 1.82) is 0 Å². The lowest BCUT2D eigenvalue weighted by atomic mass is 9.86. The zero-order chi connectivity index (χ0) is 19.8. The van der Waals surface area contributed by atoms with Crippen molar-refractivity contribution in [3.63, 3.8) is 0 Å². The van der Waals surface area contributed by atoms with E-state index in [0.29, 0.717) is 0 Å². The molecule has 0 saturated carbocycles. The topological polar surface area (TPSA) is 0 Å². The molecule has 0 nitrogen and oxygen atoms in total. The van der Waals surface area contributed by atoms with E-state index in [2.05, 4.69) is 86.7 Å². The first-order valence-corrected chi connectivity index (χ1v) is 10.9. The van der Waals surface area contributed by atoms with Crippen LogP contribution in [0, 0.1) is 6.92 Å². The molecule has 2 aliphatic rings. The van der Waals surface area contributed by atoms with Crippen molar-refractivity contribution in [3.8, 4) is 0 Å². The van der Waals surface area contributed by atoms with Crippen LogP contribution >= 0.6 is 0 Å². The molecule has 4 aromatic rings. The molecule has 0 aliphatic heterocycles. The highest BCUT2D eigenvalue weighted by Gasteiger charge is 2.13. The third-order valence-electron chi connectivity index (χ3n) is 6.53. The monoisotopic (exact) mass is 376 g/mol. The summed E-state index contributed by atoms with van der Waals surface area (Å²) in [7, 11) is 0. The second kappa shape index (κ2) is 7.52. The Bertz CT molecular complexity index is 1240. The van der Waals surface area contributed by atoms with E-state index in [1.165, 1.54) is 69.5 Å². The van der Waals surface area contributed by atoms with Crippen LogP contribution in [0.4, 0.5) is 0 Å². The Hall–Kier alpha value is -2.86. The predicted octanol–water partition coefficient (Wildman–Crippen LogP) is 7.83. The van der Waals surface area contributed by atoms with Gasteiger partial charge in [-0.1, -0.05) is 78.4 Å². The number of aryl methyl sites for hydroxylation is 3. The van der Waals surface area contributed by atoms with Gasteiger partial charge in [-0.05, 0) is 95.3 Å². The van der Waals surface area contributed by atoms with Crippen LogP contribution < -0.4 is 0 Å². The number of hydrogen-bond acceptors (Lipinski definition) is 0. The molecule has 0 heterocycles. The molecule has 0 heteroatoms. The average Bonchev–Trinajstić information content (AvgIpc) is 3.15. The van der Waals surface area contributed by atoms with E-state index >= 15 is 0 Å². The predicted molar refractivity (Wildman–Crippen MR) is 127 cm³/mol. The van der Waals surface area contributed by atoms with Crippen molar-refractivity contribution in [2.24, 2.45) is 0 Å². The van der Waals surface area contributed by atoms with Gasteiger partial charge in [0.1, 0.15) is 0 Å². The summed E-state index contributed by atoms with van der Waals surface area (Å²) in [5.41, 5.74) is 9.00. The summed E-state index contributed by atoms with van der Waals surface area (Å²) in [6.45, 7) is 4.37. The number of hydrogen-bond donors (Lipinski definition) is 0. The third-order valence-corrected chi connectivity index (χ3v) is 6.53. The highest BCUT2D eigenvalue weighted by molar-refractivity contribution is 6.08. The van der Waals surface area contributed by atoms with Crippen LogP contribution in [0.2, 0.25) is 0 Å². The molecule has 2 aliphatic carbocycles. The van der Waals surface area contributed by atoms with E-state index in [1.807, 2.05) is 0 Å². The van der Waals surface area contributed by atoms with Crippen molar-refractivity contribution in [2.75, 3.05) is 0 Å². The van der Waals surface area contributed by atoms with Gasteiger partial charge in [-0.25, -0.2) is 0 Å². The lowest BCUT2D eigenvalue weighted by Gasteiger charge is -2.18. The Balaban J connectivity index is 0.000000142. The molecule has 29 heavy (non-hydrogen) atoms. The number of benzene rings is 4. The Morgan fingerprint density at radius 3 is 2.34 bits per heavy atom. The summed E-state index contributed by atoms with van der Waals surface area (Å²) in [6.07, 6.45) is 8.66. The zero-order valence-electron chi connectivity index (χ0n) is 17.5. The summed E-state index contributed by atoms with van der Waals surface area (Å²) < 4.78 is 0. The van der Waals surface area contributed by atoms with Crippen LogP contribution in [0.5, 0.6) is 0 Å². The van der Waals surface area contributed by atoms with Crippen LogP contribution in [0.15, 0.2) is 72.3 Å². The van der Waals surface area contributed by atoms with Gasteiger partial charge >= 0.3 is 0 Å². The highest BCUT2D eigenvalue weighted by atomic mass is 14.2. The molecule has 0 saturated heterocycles. The van der Waals surface area contributed by atoms with Crippen LogP contribution in [0.1, 0.15) is 47.6 Å². The molecule has 144 valence electrons. The molecule has 0 bridgehead atoms. The van der Waals surface area contributed by atoms with Gasteiger partial charge in [-0.3, -0.25) is 0 Å². The molecular formula is C29H28. The number of allylic oxidation sites excluding steroid dienone is 1. The first-order valence-electron chi connectivity index (χ1n) is 10.9. The standard InChI is InChI=1S/C18H16.C11H12/c1-3-7-15-13(5-1)9-11-18-16-8-4-2-6-14(16)10-12-17(15)18;1-8-6-10-5-3-4-9(2)11(10)7-8/h1,3,5,7,9-12H,2,4,6,8H2;3-5,7H,6H2,1-2H3. The number of fused-ring (bicyclic) bond motifs is 6. The molecule has 0 atom stereocenters. The first kappa shape index (κ1) is 18.2. The molecule has 0 unspecified atom stereocenters. The lowest BCUT2D eigenvalue weighted by molar-refractivity contribution is 0.690. The fraction of sp³-hybridized carbons (Fsp3) is 0.241. The van der Waals surface area contributed by atoms with E-state index in [1.54, 1.807) is 11.1 Å². The van der Waals surface area contributed by atoms with Gasteiger partial charge in [0.05, 0.1) is 0 Å². The Morgan fingerprint density at radius 1 is 0.621 bits per heavy atom. The fourth-order valence-electron chi connectivity index (χ4n) is 5.04. The average molecular weight is 377 g/mol. The van der Waals surface area contributed by atoms with E-state index in [-0.39, 0.29) is 0 Å². The van der Waals surface area contributed by atoms with Crippen molar-refractivity contribution in [1.82, 2.24) is 0 Å². The minimum atomic E-state index is 1.15. The van der Waals surface area contributed by atoms with E-state index < -0.39 is 0 Å². The maximum Gasteiger partial charge on any atom is -0.00605 e. The zero-order valence-corrected chi connectivity index (χ0v) is 17.5. The van der Waals surface area contributed by atoms with Crippen LogP contribution in [0.3, 0.4) is 0 Å². The van der Waals surface area contributed by atoms with E-state index in [4.69, 9.17) is 0 Å². The highest BCUT2D eigenvalue weighted by Crippen LogP contribution is 2.33. The molecule has 0 radical (unpaired) electrons. The molecule has 6 rings (SSSR count). The number of rotatable bonds is 0. The van der Waals surface area contributed by atoms with Crippen LogP contribution in [0.25, 0.3) is 27.6 Å². The van der Waals surface area contributed by atoms with Gasteiger partial charge in [0.25, 0.3) is 0 Å². The second-order valence-corrected chi connectivity index (χ2v) is 8.61. The molecule has 0 amide bonds. The summed E-state index contributed by atoms with van der Waals surface area (Å²) in [5, 5.41) is 5.64. The van der Waals surface area contributed by atoms with Gasteiger partial charge in [0, 0.05) is 0 Å². The van der Waals surface area contributed by atoms with Crippen LogP contribution in [-0.2, 0) is 19.3 Å². The van der Waals surface area contributed by atoms with Crippen LogP contribution in [-0.4, -0.2) is 0 Å². The maximum atomic E-state index is 2.35. The molecule has 0 aromatic heterocycles. The smallest absolute Gasteiger partial charge is 0.00605 e. The summed E-state index contributed by atoms with van der Waals surface area (Å²) in [4.78, 5) is 0.